The smallest absolute Gasteiger partial charge is 0.303 e. The molecule has 140 valence electrons. The van der Waals surface area contributed by atoms with Gasteiger partial charge in [-0.3, -0.25) is 9.59 Å². The molecule has 1 N–H and O–H groups in total. The number of hydrogen-bond donors (Lipinski definition) is 1. The number of ketones is 1. The Bertz CT molecular complexity index is 679. The van der Waals surface area contributed by atoms with Crippen LogP contribution in [-0.4, -0.2) is 23.7 Å². The summed E-state index contributed by atoms with van der Waals surface area (Å²) in [6.45, 7) is 0.272. The molecular formula is C21H26O5. The predicted molar refractivity (Wildman–Crippen MR) is 98.2 cm³/mol. The monoisotopic (exact) mass is 358 g/mol. The zero-order chi connectivity index (χ0) is 18.4. The standard InChI is InChI=1S/C21H26O5/c22-18-11-10-16(17(18)5-3-1-2-4-6-21(23)24)9-7-15-8-12-19-20(13-15)26-14-25-19/h7-9,12-13,16-17H,1-6,10-11,14H2,(H,23,24)/t16-,17+/m1/s1. The van der Waals surface area contributed by atoms with Crippen molar-refractivity contribution in [2.45, 2.75) is 51.4 Å². The summed E-state index contributed by atoms with van der Waals surface area (Å²) in [5.41, 5.74) is 1.06. The summed E-state index contributed by atoms with van der Waals surface area (Å²) < 4.78 is 10.7. The average Bonchev–Trinajstić information content (AvgIpc) is 3.22. The second-order valence-electron chi connectivity index (χ2n) is 7.09. The van der Waals surface area contributed by atoms with E-state index in [1.165, 1.54) is 0 Å². The van der Waals surface area contributed by atoms with Crippen molar-refractivity contribution in [3.8, 4) is 11.5 Å². The van der Waals surface area contributed by atoms with Crippen molar-refractivity contribution in [3.63, 3.8) is 0 Å². The molecule has 2 aliphatic rings. The Morgan fingerprint density at radius 3 is 2.81 bits per heavy atom. The highest BCUT2D eigenvalue weighted by Crippen LogP contribution is 2.36. The van der Waals surface area contributed by atoms with Crippen molar-refractivity contribution in [1.29, 1.82) is 0 Å². The van der Waals surface area contributed by atoms with E-state index in [0.29, 0.717) is 18.1 Å². The highest BCUT2D eigenvalue weighted by molar-refractivity contribution is 5.84. The number of carboxylic acids is 1. The molecule has 1 aliphatic heterocycles. The molecule has 5 heteroatoms. The first-order valence-electron chi connectivity index (χ1n) is 9.46. The summed E-state index contributed by atoms with van der Waals surface area (Å²) in [6, 6.07) is 5.88. The Morgan fingerprint density at radius 1 is 1.15 bits per heavy atom. The van der Waals surface area contributed by atoms with Crippen LogP contribution < -0.4 is 9.47 Å². The van der Waals surface area contributed by atoms with Gasteiger partial charge in [0, 0.05) is 18.8 Å². The minimum atomic E-state index is -0.732. The van der Waals surface area contributed by atoms with Crippen LogP contribution in [0.3, 0.4) is 0 Å². The highest BCUT2D eigenvalue weighted by atomic mass is 16.7. The lowest BCUT2D eigenvalue weighted by Crippen LogP contribution is -2.13. The second-order valence-corrected chi connectivity index (χ2v) is 7.09. The van der Waals surface area contributed by atoms with Gasteiger partial charge in [-0.2, -0.15) is 0 Å². The van der Waals surface area contributed by atoms with Gasteiger partial charge in [-0.15, -0.1) is 0 Å². The lowest BCUT2D eigenvalue weighted by atomic mass is 9.89. The zero-order valence-electron chi connectivity index (χ0n) is 15.0. The number of fused-ring (bicyclic) bond motifs is 1. The molecule has 0 radical (unpaired) electrons. The highest BCUT2D eigenvalue weighted by Gasteiger charge is 2.32. The van der Waals surface area contributed by atoms with E-state index in [2.05, 4.69) is 12.2 Å². The topological polar surface area (TPSA) is 72.8 Å². The number of ether oxygens (including phenoxy) is 2. The van der Waals surface area contributed by atoms with E-state index >= 15 is 0 Å². The molecule has 1 fully saturated rings. The Kier molecular flexibility index (Phi) is 6.31. The molecule has 0 unspecified atom stereocenters. The van der Waals surface area contributed by atoms with E-state index in [9.17, 15) is 9.59 Å². The van der Waals surface area contributed by atoms with Gasteiger partial charge in [0.2, 0.25) is 6.79 Å². The summed E-state index contributed by atoms with van der Waals surface area (Å²) in [4.78, 5) is 22.7. The summed E-state index contributed by atoms with van der Waals surface area (Å²) in [5, 5.41) is 8.65. The Labute approximate surface area is 154 Å². The predicted octanol–water partition coefficient (Wildman–Crippen LogP) is 4.45. The second kappa shape index (κ2) is 8.88. The molecule has 1 saturated carbocycles. The fourth-order valence-electron chi connectivity index (χ4n) is 3.79. The van der Waals surface area contributed by atoms with Crippen LogP contribution in [0.4, 0.5) is 0 Å². The normalized spacial score (nSPS) is 21.6. The minimum absolute atomic E-state index is 0.111. The molecule has 3 rings (SSSR count). The van der Waals surface area contributed by atoms with E-state index in [1.807, 2.05) is 18.2 Å². The maximum absolute atomic E-state index is 12.2. The Hall–Kier alpha value is -2.30. The molecule has 0 bridgehead atoms. The van der Waals surface area contributed by atoms with Crippen LogP contribution in [-0.2, 0) is 9.59 Å². The molecule has 0 aromatic heterocycles. The number of Topliss-reactive ketones (excluding diaryl/α,β-unsaturated/α-hetero) is 1. The van der Waals surface area contributed by atoms with Crippen LogP contribution in [0.2, 0.25) is 0 Å². The van der Waals surface area contributed by atoms with Gasteiger partial charge in [0.15, 0.2) is 11.5 Å². The van der Waals surface area contributed by atoms with Gasteiger partial charge in [-0.1, -0.05) is 37.5 Å². The number of carboxylic acid groups (broad SMARTS) is 1. The fraction of sp³-hybridized carbons (Fsp3) is 0.524. The molecule has 26 heavy (non-hydrogen) atoms. The number of carbonyl (C=O) groups excluding carboxylic acids is 1. The first-order valence-corrected chi connectivity index (χ1v) is 9.46. The minimum Gasteiger partial charge on any atom is -0.481 e. The lowest BCUT2D eigenvalue weighted by molar-refractivity contribution is -0.137. The molecule has 1 aromatic carbocycles. The van der Waals surface area contributed by atoms with Crippen LogP contribution in [0.1, 0.15) is 56.9 Å². The first kappa shape index (κ1) is 18.5. The number of aliphatic carboxylic acids is 1. The molecule has 1 aromatic rings. The number of benzene rings is 1. The van der Waals surface area contributed by atoms with Crippen LogP contribution in [0.25, 0.3) is 6.08 Å². The summed E-state index contributed by atoms with van der Waals surface area (Å²) in [7, 11) is 0. The third kappa shape index (κ3) is 4.87. The summed E-state index contributed by atoms with van der Waals surface area (Å²) in [6.07, 6.45) is 10.6. The number of rotatable bonds is 9. The van der Waals surface area contributed by atoms with Gasteiger partial charge in [0.05, 0.1) is 0 Å². The van der Waals surface area contributed by atoms with Crippen molar-refractivity contribution < 1.29 is 24.2 Å². The molecule has 1 heterocycles. The van der Waals surface area contributed by atoms with Crippen LogP contribution in [0, 0.1) is 11.8 Å². The van der Waals surface area contributed by atoms with Gasteiger partial charge < -0.3 is 14.6 Å². The van der Waals surface area contributed by atoms with Gasteiger partial charge in [0.25, 0.3) is 0 Å². The largest absolute Gasteiger partial charge is 0.481 e. The fourth-order valence-corrected chi connectivity index (χ4v) is 3.79. The van der Waals surface area contributed by atoms with Crippen molar-refractivity contribution in [1.82, 2.24) is 0 Å². The molecule has 5 nitrogen and oxygen atoms in total. The first-order chi connectivity index (χ1) is 12.6. The van der Waals surface area contributed by atoms with E-state index in [1.54, 1.807) is 0 Å². The SMILES string of the molecule is O=C(O)CCCCCC[C@@H]1C(=O)CC[C@H]1C=Cc1ccc2c(c1)OCO2. The van der Waals surface area contributed by atoms with Crippen molar-refractivity contribution in [2.75, 3.05) is 6.79 Å². The number of unbranched alkanes of at least 4 members (excludes halogenated alkanes) is 3. The lowest BCUT2D eigenvalue weighted by Gasteiger charge is -2.14. The number of allylic oxidation sites excluding steroid dienone is 1. The Morgan fingerprint density at radius 2 is 1.96 bits per heavy atom. The number of hydrogen-bond acceptors (Lipinski definition) is 4. The number of carbonyl (C=O) groups is 2. The quantitative estimate of drug-likeness (QED) is 0.660. The molecular weight excluding hydrogens is 332 g/mol. The Balaban J connectivity index is 1.48. The van der Waals surface area contributed by atoms with Gasteiger partial charge in [-0.25, -0.2) is 0 Å². The average molecular weight is 358 g/mol. The van der Waals surface area contributed by atoms with Crippen molar-refractivity contribution in [2.24, 2.45) is 11.8 Å². The van der Waals surface area contributed by atoms with E-state index in [-0.39, 0.29) is 19.1 Å². The molecule has 0 amide bonds. The van der Waals surface area contributed by atoms with Crippen molar-refractivity contribution in [3.05, 3.63) is 29.8 Å². The molecule has 2 atom stereocenters. The summed E-state index contributed by atoms with van der Waals surface area (Å²) >= 11 is 0. The summed E-state index contributed by atoms with van der Waals surface area (Å²) in [5.74, 6) is 1.60. The van der Waals surface area contributed by atoms with Crippen LogP contribution in [0.5, 0.6) is 11.5 Å². The maximum Gasteiger partial charge on any atom is 0.303 e. The molecule has 0 saturated heterocycles. The van der Waals surface area contributed by atoms with E-state index in [0.717, 1.165) is 55.6 Å². The van der Waals surface area contributed by atoms with Crippen LogP contribution in [0.15, 0.2) is 24.3 Å². The van der Waals surface area contributed by atoms with Crippen molar-refractivity contribution >= 4 is 17.8 Å². The van der Waals surface area contributed by atoms with Gasteiger partial charge in [-0.05, 0) is 42.9 Å². The third-order valence-electron chi connectivity index (χ3n) is 5.24. The van der Waals surface area contributed by atoms with Gasteiger partial charge >= 0.3 is 5.97 Å². The van der Waals surface area contributed by atoms with E-state index < -0.39 is 5.97 Å². The van der Waals surface area contributed by atoms with Gasteiger partial charge in [0.1, 0.15) is 5.78 Å². The molecule has 0 spiro atoms. The maximum atomic E-state index is 12.2. The van der Waals surface area contributed by atoms with E-state index in [4.69, 9.17) is 14.6 Å². The third-order valence-corrected chi connectivity index (χ3v) is 5.24. The zero-order valence-corrected chi connectivity index (χ0v) is 15.0. The molecule has 1 aliphatic carbocycles. The van der Waals surface area contributed by atoms with Crippen LogP contribution >= 0.6 is 0 Å².